The Labute approximate surface area is 179 Å². The van der Waals surface area contributed by atoms with Gasteiger partial charge < -0.3 is 23.8 Å². The summed E-state index contributed by atoms with van der Waals surface area (Å²) in [5.41, 5.74) is 2.16. The lowest BCUT2D eigenvalue weighted by Crippen LogP contribution is -2.22. The van der Waals surface area contributed by atoms with Gasteiger partial charge >= 0.3 is 0 Å². The second-order valence-corrected chi connectivity index (χ2v) is 7.12. The van der Waals surface area contributed by atoms with E-state index in [1.165, 1.54) is 5.56 Å². The molecule has 0 N–H and O–H groups in total. The maximum absolute atomic E-state index is 8.81. The van der Waals surface area contributed by atoms with Crippen LogP contribution in [0.3, 0.4) is 0 Å². The summed E-state index contributed by atoms with van der Waals surface area (Å²) < 4.78 is 21.9. The summed E-state index contributed by atoms with van der Waals surface area (Å²) in [6.45, 7) is 2.62. The fourth-order valence-electron chi connectivity index (χ4n) is 3.17. The summed E-state index contributed by atoms with van der Waals surface area (Å²) in [5.74, 6) is 2.92. The zero-order valence-corrected chi connectivity index (χ0v) is 18.4. The average Bonchev–Trinajstić information content (AvgIpc) is 2.78. The van der Waals surface area contributed by atoms with Crippen molar-refractivity contribution in [1.82, 2.24) is 4.90 Å². The monoisotopic (exact) mass is 412 g/mol. The van der Waals surface area contributed by atoms with Crippen molar-refractivity contribution in [3.63, 3.8) is 0 Å². The molecule has 2 aromatic rings. The Kier molecular flexibility index (Phi) is 9.82. The third-order valence-corrected chi connectivity index (χ3v) is 4.93. The quantitative estimate of drug-likeness (QED) is 0.461. The molecule has 0 bridgehead atoms. The van der Waals surface area contributed by atoms with Gasteiger partial charge in [0.2, 0.25) is 0 Å². The molecule has 0 heterocycles. The minimum Gasteiger partial charge on any atom is -0.493 e. The molecule has 6 heteroatoms. The van der Waals surface area contributed by atoms with Gasteiger partial charge in [0.1, 0.15) is 0 Å². The lowest BCUT2D eigenvalue weighted by Gasteiger charge is -2.17. The molecule has 0 radical (unpaired) electrons. The van der Waals surface area contributed by atoms with E-state index < -0.39 is 0 Å². The number of hydrogen-bond donors (Lipinski definition) is 0. The molecule has 2 rings (SSSR count). The minimum atomic E-state index is 0.367. The van der Waals surface area contributed by atoms with E-state index in [0.717, 1.165) is 55.2 Å². The van der Waals surface area contributed by atoms with Crippen LogP contribution < -0.4 is 18.9 Å². The van der Waals surface area contributed by atoms with E-state index in [4.69, 9.17) is 24.2 Å². The second kappa shape index (κ2) is 12.6. The standard InChI is InChI=1S/C24H32N2O4/c1-26(15-12-20-7-9-21(27-2)23(18-20)28-3)14-5-6-16-30-22-10-8-19(11-13-25)17-24(22)29-4/h7-10,17-18H,5-6,11-12,14-16H2,1-4H3. The van der Waals surface area contributed by atoms with Gasteiger partial charge in [0.05, 0.1) is 40.4 Å². The highest BCUT2D eigenvalue weighted by molar-refractivity contribution is 5.44. The molecule has 0 amide bonds. The molecule has 0 aliphatic heterocycles. The van der Waals surface area contributed by atoms with Crippen molar-refractivity contribution in [2.75, 3.05) is 48.1 Å². The van der Waals surface area contributed by atoms with Gasteiger partial charge in [-0.05, 0) is 68.2 Å². The van der Waals surface area contributed by atoms with Crippen LogP contribution in [0.15, 0.2) is 36.4 Å². The van der Waals surface area contributed by atoms with E-state index in [0.29, 0.717) is 18.8 Å². The Hall–Kier alpha value is -2.91. The Bertz CT molecular complexity index is 832. The van der Waals surface area contributed by atoms with Crippen LogP contribution in [-0.4, -0.2) is 53.0 Å². The zero-order valence-electron chi connectivity index (χ0n) is 18.4. The first kappa shape index (κ1) is 23.4. The molecule has 0 saturated carbocycles. The minimum absolute atomic E-state index is 0.367. The van der Waals surface area contributed by atoms with E-state index in [9.17, 15) is 0 Å². The van der Waals surface area contributed by atoms with E-state index in [2.05, 4.69) is 24.1 Å². The summed E-state index contributed by atoms with van der Waals surface area (Å²) >= 11 is 0. The molecular weight excluding hydrogens is 380 g/mol. The fourth-order valence-corrected chi connectivity index (χ4v) is 3.17. The van der Waals surface area contributed by atoms with Gasteiger partial charge in [-0.1, -0.05) is 12.1 Å². The Morgan fingerprint density at radius 1 is 0.800 bits per heavy atom. The van der Waals surface area contributed by atoms with E-state index in [-0.39, 0.29) is 0 Å². The molecule has 0 fully saturated rings. The Morgan fingerprint density at radius 2 is 1.43 bits per heavy atom. The first-order chi connectivity index (χ1) is 14.6. The van der Waals surface area contributed by atoms with Gasteiger partial charge in [0, 0.05) is 6.54 Å². The van der Waals surface area contributed by atoms with Crippen LogP contribution in [0.25, 0.3) is 0 Å². The van der Waals surface area contributed by atoms with Gasteiger partial charge in [-0.3, -0.25) is 0 Å². The first-order valence-corrected chi connectivity index (χ1v) is 10.2. The summed E-state index contributed by atoms with van der Waals surface area (Å²) in [6, 6.07) is 13.9. The molecule has 6 nitrogen and oxygen atoms in total. The van der Waals surface area contributed by atoms with Crippen LogP contribution in [0, 0.1) is 11.3 Å². The van der Waals surface area contributed by atoms with Crippen LogP contribution in [0.4, 0.5) is 0 Å². The summed E-state index contributed by atoms with van der Waals surface area (Å²) in [4.78, 5) is 2.33. The molecule has 0 atom stereocenters. The highest BCUT2D eigenvalue weighted by Crippen LogP contribution is 2.29. The predicted molar refractivity (Wildman–Crippen MR) is 118 cm³/mol. The molecule has 0 saturated heterocycles. The number of hydrogen-bond acceptors (Lipinski definition) is 6. The second-order valence-electron chi connectivity index (χ2n) is 7.12. The van der Waals surface area contributed by atoms with Crippen molar-refractivity contribution in [1.29, 1.82) is 5.26 Å². The van der Waals surface area contributed by atoms with E-state index >= 15 is 0 Å². The number of nitriles is 1. The maximum Gasteiger partial charge on any atom is 0.161 e. The van der Waals surface area contributed by atoms with E-state index in [1.54, 1.807) is 21.3 Å². The van der Waals surface area contributed by atoms with Crippen LogP contribution in [0.5, 0.6) is 23.0 Å². The Balaban J connectivity index is 1.69. The van der Waals surface area contributed by atoms with Crippen molar-refractivity contribution in [3.05, 3.63) is 47.5 Å². The molecule has 30 heavy (non-hydrogen) atoms. The normalized spacial score (nSPS) is 10.5. The number of ether oxygens (including phenoxy) is 4. The van der Waals surface area contributed by atoms with Crippen molar-refractivity contribution >= 4 is 0 Å². The topological polar surface area (TPSA) is 64.0 Å². The molecule has 0 unspecified atom stereocenters. The van der Waals surface area contributed by atoms with Crippen molar-refractivity contribution < 1.29 is 18.9 Å². The number of unbranched alkanes of at least 4 members (excludes halogenated alkanes) is 1. The Morgan fingerprint density at radius 3 is 2.13 bits per heavy atom. The molecule has 162 valence electrons. The third kappa shape index (κ3) is 7.16. The molecule has 2 aromatic carbocycles. The van der Waals surface area contributed by atoms with Gasteiger partial charge in [0.15, 0.2) is 23.0 Å². The third-order valence-electron chi connectivity index (χ3n) is 4.93. The number of likely N-dealkylation sites (N-methyl/N-ethyl adjacent to an activating group) is 1. The number of nitrogens with zero attached hydrogens (tertiary/aromatic N) is 2. The average molecular weight is 413 g/mol. The van der Waals surface area contributed by atoms with Crippen molar-refractivity contribution in [2.24, 2.45) is 0 Å². The van der Waals surface area contributed by atoms with Crippen molar-refractivity contribution in [3.8, 4) is 29.1 Å². The smallest absolute Gasteiger partial charge is 0.161 e. The van der Waals surface area contributed by atoms with Crippen LogP contribution >= 0.6 is 0 Å². The lowest BCUT2D eigenvalue weighted by molar-refractivity contribution is 0.269. The molecular formula is C24H32N2O4. The largest absolute Gasteiger partial charge is 0.493 e. The number of benzene rings is 2. The number of methoxy groups -OCH3 is 3. The molecule has 0 aromatic heterocycles. The zero-order chi connectivity index (χ0) is 21.8. The summed E-state index contributed by atoms with van der Waals surface area (Å²) in [6.07, 6.45) is 3.34. The van der Waals surface area contributed by atoms with Crippen LogP contribution in [-0.2, 0) is 12.8 Å². The van der Waals surface area contributed by atoms with Crippen molar-refractivity contribution in [2.45, 2.75) is 25.7 Å². The maximum atomic E-state index is 8.81. The first-order valence-electron chi connectivity index (χ1n) is 10.2. The highest BCUT2D eigenvalue weighted by atomic mass is 16.5. The molecule has 0 aliphatic rings. The summed E-state index contributed by atoms with van der Waals surface area (Å²) in [5, 5.41) is 8.81. The SMILES string of the molecule is COc1ccc(CCN(C)CCCCOc2ccc(CC#N)cc2OC)cc1OC. The predicted octanol–water partition coefficient (Wildman–Crippen LogP) is 4.11. The molecule has 0 spiro atoms. The fraction of sp³-hybridized carbons (Fsp3) is 0.458. The van der Waals surface area contributed by atoms with Crippen LogP contribution in [0.2, 0.25) is 0 Å². The van der Waals surface area contributed by atoms with Gasteiger partial charge in [-0.15, -0.1) is 0 Å². The summed E-state index contributed by atoms with van der Waals surface area (Å²) in [7, 11) is 7.06. The number of rotatable bonds is 13. The van der Waals surface area contributed by atoms with E-state index in [1.807, 2.05) is 30.3 Å². The van der Waals surface area contributed by atoms with Gasteiger partial charge in [-0.25, -0.2) is 0 Å². The highest BCUT2D eigenvalue weighted by Gasteiger charge is 2.07. The van der Waals surface area contributed by atoms with Gasteiger partial charge in [0.25, 0.3) is 0 Å². The van der Waals surface area contributed by atoms with Crippen LogP contribution in [0.1, 0.15) is 24.0 Å². The van der Waals surface area contributed by atoms with Gasteiger partial charge in [-0.2, -0.15) is 5.26 Å². The lowest BCUT2D eigenvalue weighted by atomic mass is 10.1. The molecule has 0 aliphatic carbocycles.